The summed E-state index contributed by atoms with van der Waals surface area (Å²) < 4.78 is 5.04. The van der Waals surface area contributed by atoms with Crippen LogP contribution in [0.2, 0.25) is 5.02 Å². The Morgan fingerprint density at radius 1 is 1.50 bits per heavy atom. The smallest absolute Gasteiger partial charge is 0.124 e. The van der Waals surface area contributed by atoms with Gasteiger partial charge in [-0.2, -0.15) is 0 Å². The highest BCUT2D eigenvalue weighted by Crippen LogP contribution is 2.27. The van der Waals surface area contributed by atoms with Crippen LogP contribution in [0, 0.1) is 0 Å². The van der Waals surface area contributed by atoms with Crippen molar-refractivity contribution < 1.29 is 9.84 Å². The number of benzene rings is 1. The molecule has 66 valence electrons. The molecule has 1 rings (SSSR count). The number of methoxy groups -OCH3 is 1. The molecule has 0 aliphatic rings. The summed E-state index contributed by atoms with van der Waals surface area (Å²) in [6.07, 6.45) is -0.557. The average molecular weight is 187 g/mol. The molecule has 1 aromatic rings. The zero-order valence-electron chi connectivity index (χ0n) is 7.04. The predicted molar refractivity (Wildman–Crippen MR) is 48.6 cm³/mol. The lowest BCUT2D eigenvalue weighted by atomic mass is 10.1. The van der Waals surface area contributed by atoms with E-state index in [1.54, 1.807) is 32.2 Å². The van der Waals surface area contributed by atoms with Crippen LogP contribution in [-0.2, 0) is 0 Å². The van der Waals surface area contributed by atoms with Gasteiger partial charge < -0.3 is 9.84 Å². The number of hydrogen-bond donors (Lipinski definition) is 1. The maximum absolute atomic E-state index is 9.32. The molecule has 0 aliphatic carbocycles. The van der Waals surface area contributed by atoms with Crippen LogP contribution in [0.4, 0.5) is 0 Å². The van der Waals surface area contributed by atoms with Crippen molar-refractivity contribution in [3.8, 4) is 5.75 Å². The van der Waals surface area contributed by atoms with Gasteiger partial charge in [0.25, 0.3) is 0 Å². The molecule has 0 bridgehead atoms. The highest BCUT2D eigenvalue weighted by molar-refractivity contribution is 6.30. The van der Waals surface area contributed by atoms with E-state index >= 15 is 0 Å². The van der Waals surface area contributed by atoms with E-state index in [-0.39, 0.29) is 0 Å². The number of hydrogen-bond acceptors (Lipinski definition) is 2. The minimum atomic E-state index is -0.557. The molecular formula is C9H11ClO2. The Morgan fingerprint density at radius 3 is 2.67 bits per heavy atom. The Bertz CT molecular complexity index is 271. The molecule has 0 saturated heterocycles. The number of aliphatic hydroxyl groups is 1. The van der Waals surface area contributed by atoms with Crippen LogP contribution >= 0.6 is 11.6 Å². The van der Waals surface area contributed by atoms with Gasteiger partial charge in [-0.3, -0.25) is 0 Å². The van der Waals surface area contributed by atoms with Crippen LogP contribution < -0.4 is 4.74 Å². The average Bonchev–Trinajstić information content (AvgIpc) is 2.04. The Labute approximate surface area is 76.7 Å². The third kappa shape index (κ3) is 1.90. The summed E-state index contributed by atoms with van der Waals surface area (Å²) in [5.74, 6) is 0.661. The summed E-state index contributed by atoms with van der Waals surface area (Å²) in [5.41, 5.74) is 0.713. The maximum Gasteiger partial charge on any atom is 0.124 e. The first-order valence-electron chi connectivity index (χ1n) is 3.66. The molecule has 0 aliphatic heterocycles. The Kier molecular flexibility index (Phi) is 2.95. The van der Waals surface area contributed by atoms with Gasteiger partial charge in [0.05, 0.1) is 13.2 Å². The lowest BCUT2D eigenvalue weighted by Crippen LogP contribution is -1.95. The second-order valence-corrected chi connectivity index (χ2v) is 3.00. The van der Waals surface area contributed by atoms with Crippen molar-refractivity contribution in [2.75, 3.05) is 7.11 Å². The molecule has 1 N–H and O–H groups in total. The predicted octanol–water partition coefficient (Wildman–Crippen LogP) is 2.40. The van der Waals surface area contributed by atoms with E-state index in [4.69, 9.17) is 16.3 Å². The summed E-state index contributed by atoms with van der Waals surface area (Å²) in [6, 6.07) is 5.17. The molecular weight excluding hydrogens is 176 g/mol. The number of ether oxygens (including phenoxy) is 1. The monoisotopic (exact) mass is 186 g/mol. The van der Waals surface area contributed by atoms with Gasteiger partial charge in [0.2, 0.25) is 0 Å². The Balaban J connectivity index is 3.12. The maximum atomic E-state index is 9.32. The molecule has 0 unspecified atom stereocenters. The molecule has 2 nitrogen and oxygen atoms in total. The molecule has 0 amide bonds. The lowest BCUT2D eigenvalue weighted by Gasteiger charge is -2.10. The Morgan fingerprint density at radius 2 is 2.17 bits per heavy atom. The normalized spacial score (nSPS) is 12.7. The standard InChI is InChI=1S/C9H11ClO2/c1-6(11)8-5-7(10)3-4-9(8)12-2/h3-6,11H,1-2H3/t6-/m0/s1. The number of aliphatic hydroxyl groups excluding tert-OH is 1. The Hall–Kier alpha value is -0.730. The first-order chi connectivity index (χ1) is 5.65. The van der Waals surface area contributed by atoms with Crippen LogP contribution in [0.25, 0.3) is 0 Å². The van der Waals surface area contributed by atoms with Crippen LogP contribution in [-0.4, -0.2) is 12.2 Å². The molecule has 1 atom stereocenters. The van der Waals surface area contributed by atoms with E-state index in [2.05, 4.69) is 0 Å². The van der Waals surface area contributed by atoms with Gasteiger partial charge in [-0.1, -0.05) is 11.6 Å². The SMILES string of the molecule is COc1ccc(Cl)cc1[C@H](C)O. The van der Waals surface area contributed by atoms with Gasteiger partial charge in [0, 0.05) is 10.6 Å². The molecule has 0 saturated carbocycles. The van der Waals surface area contributed by atoms with Crippen LogP contribution in [0.3, 0.4) is 0 Å². The second kappa shape index (κ2) is 3.78. The van der Waals surface area contributed by atoms with Crippen LogP contribution in [0.5, 0.6) is 5.75 Å². The molecule has 3 heteroatoms. The number of rotatable bonds is 2. The largest absolute Gasteiger partial charge is 0.496 e. The highest BCUT2D eigenvalue weighted by Gasteiger charge is 2.08. The third-order valence-electron chi connectivity index (χ3n) is 1.64. The molecule has 0 spiro atoms. The fraction of sp³-hybridized carbons (Fsp3) is 0.333. The quantitative estimate of drug-likeness (QED) is 0.769. The molecule has 1 aromatic carbocycles. The molecule has 0 aromatic heterocycles. The van der Waals surface area contributed by atoms with Gasteiger partial charge in [0.15, 0.2) is 0 Å². The molecule has 0 heterocycles. The van der Waals surface area contributed by atoms with E-state index in [0.29, 0.717) is 16.3 Å². The summed E-state index contributed by atoms with van der Waals surface area (Å²) in [6.45, 7) is 1.67. The van der Waals surface area contributed by atoms with Gasteiger partial charge in [0.1, 0.15) is 5.75 Å². The lowest BCUT2D eigenvalue weighted by molar-refractivity contribution is 0.194. The van der Waals surface area contributed by atoms with Crippen LogP contribution in [0.15, 0.2) is 18.2 Å². The van der Waals surface area contributed by atoms with Gasteiger partial charge >= 0.3 is 0 Å². The third-order valence-corrected chi connectivity index (χ3v) is 1.88. The van der Waals surface area contributed by atoms with Crippen molar-refractivity contribution in [1.82, 2.24) is 0 Å². The molecule has 12 heavy (non-hydrogen) atoms. The van der Waals surface area contributed by atoms with Crippen molar-refractivity contribution in [2.24, 2.45) is 0 Å². The fourth-order valence-corrected chi connectivity index (χ4v) is 1.21. The van der Waals surface area contributed by atoms with Gasteiger partial charge in [-0.15, -0.1) is 0 Å². The highest BCUT2D eigenvalue weighted by atomic mass is 35.5. The van der Waals surface area contributed by atoms with E-state index < -0.39 is 6.10 Å². The number of halogens is 1. The first-order valence-corrected chi connectivity index (χ1v) is 4.04. The van der Waals surface area contributed by atoms with Crippen molar-refractivity contribution in [2.45, 2.75) is 13.0 Å². The fourth-order valence-electron chi connectivity index (χ4n) is 1.03. The zero-order chi connectivity index (χ0) is 9.14. The van der Waals surface area contributed by atoms with E-state index in [1.165, 1.54) is 0 Å². The van der Waals surface area contributed by atoms with Crippen LogP contribution in [0.1, 0.15) is 18.6 Å². The summed E-state index contributed by atoms with van der Waals surface area (Å²) >= 11 is 5.75. The topological polar surface area (TPSA) is 29.5 Å². The van der Waals surface area contributed by atoms with E-state index in [9.17, 15) is 5.11 Å². The molecule has 0 radical (unpaired) electrons. The van der Waals surface area contributed by atoms with Gasteiger partial charge in [-0.25, -0.2) is 0 Å². The summed E-state index contributed by atoms with van der Waals surface area (Å²) in [5, 5.41) is 9.92. The molecule has 0 fully saturated rings. The van der Waals surface area contributed by atoms with E-state index in [0.717, 1.165) is 0 Å². The second-order valence-electron chi connectivity index (χ2n) is 2.56. The first kappa shape index (κ1) is 9.36. The summed E-state index contributed by atoms with van der Waals surface area (Å²) in [4.78, 5) is 0. The minimum absolute atomic E-state index is 0.557. The minimum Gasteiger partial charge on any atom is -0.496 e. The van der Waals surface area contributed by atoms with Crippen molar-refractivity contribution >= 4 is 11.6 Å². The van der Waals surface area contributed by atoms with Gasteiger partial charge in [-0.05, 0) is 25.1 Å². The zero-order valence-corrected chi connectivity index (χ0v) is 7.80. The van der Waals surface area contributed by atoms with Crippen molar-refractivity contribution in [3.05, 3.63) is 28.8 Å². The van der Waals surface area contributed by atoms with Crippen molar-refractivity contribution in [3.63, 3.8) is 0 Å². The van der Waals surface area contributed by atoms with E-state index in [1.807, 2.05) is 0 Å². The summed E-state index contributed by atoms with van der Waals surface area (Å²) in [7, 11) is 1.56. The van der Waals surface area contributed by atoms with Crippen molar-refractivity contribution in [1.29, 1.82) is 0 Å².